The number of aliphatic hydroxyl groups is 1. The van der Waals surface area contributed by atoms with Crippen molar-refractivity contribution in [1.82, 2.24) is 0 Å². The molecule has 1 atom stereocenters. The van der Waals surface area contributed by atoms with Crippen molar-refractivity contribution in [2.75, 3.05) is 0 Å². The van der Waals surface area contributed by atoms with Crippen molar-refractivity contribution >= 4 is 5.57 Å². The number of hydrogen-bond donors (Lipinski definition) is 1. The Hall–Kier alpha value is -1.08. The van der Waals surface area contributed by atoms with E-state index in [9.17, 15) is 0 Å². The van der Waals surface area contributed by atoms with Gasteiger partial charge in [0.15, 0.2) is 0 Å². The van der Waals surface area contributed by atoms with Crippen molar-refractivity contribution in [1.29, 1.82) is 0 Å². The van der Waals surface area contributed by atoms with Gasteiger partial charge in [-0.1, -0.05) is 36.4 Å². The molecule has 0 saturated heterocycles. The molecule has 14 heavy (non-hydrogen) atoms. The second kappa shape index (κ2) is 4.97. The fraction of sp³-hybridized carbons (Fsp3) is 0.385. The molecule has 0 amide bonds. The maximum Gasteiger partial charge on any atom is 0.0515 e. The van der Waals surface area contributed by atoms with E-state index in [2.05, 4.69) is 31.7 Å². The van der Waals surface area contributed by atoms with Crippen molar-refractivity contribution in [3.05, 3.63) is 42.0 Å². The maximum absolute atomic E-state index is 9.16. The van der Waals surface area contributed by atoms with E-state index in [1.165, 1.54) is 11.1 Å². The van der Waals surface area contributed by atoms with Crippen LogP contribution in [0, 0.1) is 6.92 Å². The van der Waals surface area contributed by atoms with Crippen LogP contribution in [0.4, 0.5) is 0 Å². The summed E-state index contributed by atoms with van der Waals surface area (Å²) < 4.78 is 0. The SMILES string of the molecule is C=C(CCC(C)O)c1cccc(C)c1. The van der Waals surface area contributed by atoms with Gasteiger partial charge in [-0.3, -0.25) is 0 Å². The Balaban J connectivity index is 2.61. The number of rotatable bonds is 4. The van der Waals surface area contributed by atoms with Gasteiger partial charge in [0, 0.05) is 0 Å². The monoisotopic (exact) mass is 190 g/mol. The Morgan fingerprint density at radius 1 is 1.50 bits per heavy atom. The lowest BCUT2D eigenvalue weighted by Gasteiger charge is -2.08. The molecule has 1 rings (SSSR count). The number of aliphatic hydroxyl groups excluding tert-OH is 1. The molecule has 0 aliphatic rings. The molecule has 1 heteroatoms. The first-order chi connectivity index (χ1) is 6.59. The van der Waals surface area contributed by atoms with Crippen molar-refractivity contribution < 1.29 is 5.11 Å². The van der Waals surface area contributed by atoms with Crippen LogP contribution in [0.25, 0.3) is 5.57 Å². The summed E-state index contributed by atoms with van der Waals surface area (Å²) >= 11 is 0. The molecule has 0 aliphatic heterocycles. The van der Waals surface area contributed by atoms with E-state index >= 15 is 0 Å². The zero-order chi connectivity index (χ0) is 10.6. The van der Waals surface area contributed by atoms with Gasteiger partial charge in [0.1, 0.15) is 0 Å². The predicted octanol–water partition coefficient (Wildman–Crippen LogP) is 3.17. The van der Waals surface area contributed by atoms with Gasteiger partial charge in [-0.05, 0) is 37.8 Å². The summed E-state index contributed by atoms with van der Waals surface area (Å²) in [7, 11) is 0. The van der Waals surface area contributed by atoms with Gasteiger partial charge in [0.2, 0.25) is 0 Å². The third-order valence-corrected chi connectivity index (χ3v) is 2.29. The molecule has 1 unspecified atom stereocenters. The van der Waals surface area contributed by atoms with Gasteiger partial charge < -0.3 is 5.11 Å². The van der Waals surface area contributed by atoms with Crippen LogP contribution in [0.15, 0.2) is 30.8 Å². The molecule has 0 aliphatic carbocycles. The van der Waals surface area contributed by atoms with Crippen LogP contribution >= 0.6 is 0 Å². The maximum atomic E-state index is 9.16. The minimum Gasteiger partial charge on any atom is -0.393 e. The van der Waals surface area contributed by atoms with E-state index in [0.717, 1.165) is 18.4 Å². The second-order valence-electron chi connectivity index (χ2n) is 3.86. The first kappa shape index (κ1) is 11.0. The fourth-order valence-electron chi connectivity index (χ4n) is 1.39. The van der Waals surface area contributed by atoms with Crippen LogP contribution < -0.4 is 0 Å². The molecule has 1 aromatic carbocycles. The van der Waals surface area contributed by atoms with Crippen LogP contribution in [0.5, 0.6) is 0 Å². The summed E-state index contributed by atoms with van der Waals surface area (Å²) in [5.41, 5.74) is 3.54. The standard InChI is InChI=1S/C13H18O/c1-10-5-4-6-13(9-10)11(2)7-8-12(3)14/h4-6,9,12,14H,2,7-8H2,1,3H3. The molecular formula is C13H18O. The normalized spacial score (nSPS) is 12.5. The predicted molar refractivity (Wildman–Crippen MR) is 61.1 cm³/mol. The van der Waals surface area contributed by atoms with Gasteiger partial charge in [-0.2, -0.15) is 0 Å². The summed E-state index contributed by atoms with van der Waals surface area (Å²) in [5.74, 6) is 0. The van der Waals surface area contributed by atoms with E-state index < -0.39 is 0 Å². The van der Waals surface area contributed by atoms with E-state index in [-0.39, 0.29) is 6.10 Å². The van der Waals surface area contributed by atoms with Crippen LogP contribution in [0.3, 0.4) is 0 Å². The second-order valence-corrected chi connectivity index (χ2v) is 3.86. The Morgan fingerprint density at radius 2 is 2.21 bits per heavy atom. The Kier molecular flexibility index (Phi) is 3.90. The fourth-order valence-corrected chi connectivity index (χ4v) is 1.39. The van der Waals surface area contributed by atoms with Gasteiger partial charge in [0.25, 0.3) is 0 Å². The molecule has 0 heterocycles. The summed E-state index contributed by atoms with van der Waals surface area (Å²) in [6, 6.07) is 8.31. The summed E-state index contributed by atoms with van der Waals surface area (Å²) in [6.07, 6.45) is 1.41. The number of benzene rings is 1. The van der Waals surface area contributed by atoms with Crippen LogP contribution in [-0.2, 0) is 0 Å². The summed E-state index contributed by atoms with van der Waals surface area (Å²) in [6.45, 7) is 7.91. The van der Waals surface area contributed by atoms with E-state index in [4.69, 9.17) is 5.11 Å². The number of hydrogen-bond acceptors (Lipinski definition) is 1. The molecular weight excluding hydrogens is 172 g/mol. The Morgan fingerprint density at radius 3 is 2.79 bits per heavy atom. The van der Waals surface area contributed by atoms with Crippen LogP contribution in [-0.4, -0.2) is 11.2 Å². The topological polar surface area (TPSA) is 20.2 Å². The van der Waals surface area contributed by atoms with Gasteiger partial charge in [0.05, 0.1) is 6.10 Å². The summed E-state index contributed by atoms with van der Waals surface area (Å²) in [4.78, 5) is 0. The third kappa shape index (κ3) is 3.35. The molecule has 0 saturated carbocycles. The zero-order valence-electron chi connectivity index (χ0n) is 8.96. The van der Waals surface area contributed by atoms with E-state index in [0.29, 0.717) is 0 Å². The summed E-state index contributed by atoms with van der Waals surface area (Å²) in [5, 5.41) is 9.16. The average Bonchev–Trinajstić information content (AvgIpc) is 2.14. The highest BCUT2D eigenvalue weighted by atomic mass is 16.3. The Labute approximate surface area is 86.1 Å². The molecule has 1 aromatic rings. The third-order valence-electron chi connectivity index (χ3n) is 2.29. The van der Waals surface area contributed by atoms with Crippen molar-refractivity contribution in [2.45, 2.75) is 32.8 Å². The first-order valence-corrected chi connectivity index (χ1v) is 5.02. The van der Waals surface area contributed by atoms with E-state index in [1.54, 1.807) is 0 Å². The highest BCUT2D eigenvalue weighted by molar-refractivity contribution is 5.63. The van der Waals surface area contributed by atoms with Crippen LogP contribution in [0.2, 0.25) is 0 Å². The molecule has 1 nitrogen and oxygen atoms in total. The van der Waals surface area contributed by atoms with Gasteiger partial charge in [-0.25, -0.2) is 0 Å². The quantitative estimate of drug-likeness (QED) is 0.773. The lowest BCUT2D eigenvalue weighted by molar-refractivity contribution is 0.186. The van der Waals surface area contributed by atoms with E-state index in [1.807, 2.05) is 13.0 Å². The van der Waals surface area contributed by atoms with Gasteiger partial charge in [-0.15, -0.1) is 0 Å². The molecule has 0 bridgehead atoms. The highest BCUT2D eigenvalue weighted by Gasteiger charge is 2.01. The highest BCUT2D eigenvalue weighted by Crippen LogP contribution is 2.19. The molecule has 0 aromatic heterocycles. The lowest BCUT2D eigenvalue weighted by atomic mass is 10.00. The molecule has 76 valence electrons. The number of allylic oxidation sites excluding steroid dienone is 1. The minimum absolute atomic E-state index is 0.239. The average molecular weight is 190 g/mol. The molecule has 0 fully saturated rings. The molecule has 1 N–H and O–H groups in total. The van der Waals surface area contributed by atoms with Crippen molar-refractivity contribution in [3.63, 3.8) is 0 Å². The lowest BCUT2D eigenvalue weighted by Crippen LogP contribution is -1.99. The van der Waals surface area contributed by atoms with Crippen LogP contribution in [0.1, 0.15) is 30.9 Å². The van der Waals surface area contributed by atoms with Crippen molar-refractivity contribution in [3.8, 4) is 0 Å². The first-order valence-electron chi connectivity index (χ1n) is 5.02. The minimum atomic E-state index is -0.239. The smallest absolute Gasteiger partial charge is 0.0515 e. The van der Waals surface area contributed by atoms with Crippen molar-refractivity contribution in [2.24, 2.45) is 0 Å². The molecule has 0 radical (unpaired) electrons. The van der Waals surface area contributed by atoms with Gasteiger partial charge >= 0.3 is 0 Å². The number of aryl methyl sites for hydroxylation is 1. The molecule has 0 spiro atoms. The zero-order valence-corrected chi connectivity index (χ0v) is 8.96. The largest absolute Gasteiger partial charge is 0.393 e. The Bertz CT molecular complexity index is 313.